The quantitative estimate of drug-likeness (QED) is 0.746. The van der Waals surface area contributed by atoms with Gasteiger partial charge >= 0.3 is 5.97 Å². The van der Waals surface area contributed by atoms with E-state index in [0.29, 0.717) is 16.7 Å². The maximum atomic E-state index is 13.7. The molecule has 0 spiro atoms. The molecule has 1 aromatic heterocycles. The fourth-order valence-electron chi connectivity index (χ4n) is 1.52. The Morgan fingerprint density at radius 3 is 2.59 bits per heavy atom. The second kappa shape index (κ2) is 4.74. The number of aromatic nitrogens is 1. The number of carbonyl (C=O) groups is 1. The van der Waals surface area contributed by atoms with Gasteiger partial charge in [0.2, 0.25) is 0 Å². The molecule has 0 atom stereocenters. The minimum Gasteiger partial charge on any atom is -0.465 e. The molecule has 0 saturated heterocycles. The smallest absolute Gasteiger partial charge is 0.337 e. The Morgan fingerprint density at radius 2 is 1.94 bits per heavy atom. The molecular formula is C13H10FNO2. The summed E-state index contributed by atoms with van der Waals surface area (Å²) in [5.74, 6) is -0.871. The van der Waals surface area contributed by atoms with Gasteiger partial charge in [0, 0.05) is 18.0 Å². The van der Waals surface area contributed by atoms with E-state index in [2.05, 4.69) is 9.72 Å². The molecule has 0 amide bonds. The lowest BCUT2D eigenvalue weighted by Crippen LogP contribution is -2.01. The third-order valence-corrected chi connectivity index (χ3v) is 2.38. The van der Waals surface area contributed by atoms with Crippen LogP contribution in [-0.2, 0) is 4.74 Å². The number of nitrogens with zero attached hydrogens (tertiary/aromatic N) is 1. The zero-order valence-electron chi connectivity index (χ0n) is 9.18. The topological polar surface area (TPSA) is 39.2 Å². The van der Waals surface area contributed by atoms with E-state index in [1.807, 2.05) is 0 Å². The van der Waals surface area contributed by atoms with Gasteiger partial charge in [-0.05, 0) is 35.9 Å². The highest BCUT2D eigenvalue weighted by Crippen LogP contribution is 2.23. The molecule has 2 rings (SSSR count). The summed E-state index contributed by atoms with van der Waals surface area (Å²) >= 11 is 0. The number of hydrogen-bond acceptors (Lipinski definition) is 3. The number of carbonyl (C=O) groups excluding carboxylic acids is 1. The van der Waals surface area contributed by atoms with Crippen molar-refractivity contribution in [3.05, 3.63) is 54.1 Å². The van der Waals surface area contributed by atoms with E-state index >= 15 is 0 Å². The monoisotopic (exact) mass is 231 g/mol. The van der Waals surface area contributed by atoms with Gasteiger partial charge in [-0.1, -0.05) is 0 Å². The van der Waals surface area contributed by atoms with E-state index in [-0.39, 0.29) is 5.82 Å². The van der Waals surface area contributed by atoms with Crippen molar-refractivity contribution in [3.8, 4) is 11.1 Å². The Bertz CT molecular complexity index is 540. The average molecular weight is 231 g/mol. The summed E-state index contributed by atoms with van der Waals surface area (Å²) in [6.45, 7) is 0. The van der Waals surface area contributed by atoms with Gasteiger partial charge in [0.15, 0.2) is 0 Å². The molecule has 0 bridgehead atoms. The lowest BCUT2D eigenvalue weighted by atomic mass is 10.0. The minimum atomic E-state index is -0.486. The van der Waals surface area contributed by atoms with Gasteiger partial charge < -0.3 is 4.74 Å². The molecule has 0 saturated carbocycles. The first kappa shape index (κ1) is 11.3. The van der Waals surface area contributed by atoms with E-state index in [9.17, 15) is 9.18 Å². The first-order valence-corrected chi connectivity index (χ1v) is 5.00. The van der Waals surface area contributed by atoms with Gasteiger partial charge in [0.05, 0.1) is 12.7 Å². The van der Waals surface area contributed by atoms with E-state index in [4.69, 9.17) is 0 Å². The first-order valence-electron chi connectivity index (χ1n) is 5.00. The van der Waals surface area contributed by atoms with Crippen molar-refractivity contribution >= 4 is 5.97 Å². The van der Waals surface area contributed by atoms with Crippen LogP contribution >= 0.6 is 0 Å². The van der Waals surface area contributed by atoms with Gasteiger partial charge in [0.1, 0.15) is 5.82 Å². The van der Waals surface area contributed by atoms with Crippen LogP contribution in [0.15, 0.2) is 42.7 Å². The Morgan fingerprint density at radius 1 is 1.24 bits per heavy atom. The SMILES string of the molecule is COC(=O)c1ccc(F)c(-c2ccncc2)c1. The summed E-state index contributed by atoms with van der Waals surface area (Å²) in [7, 11) is 1.29. The summed E-state index contributed by atoms with van der Waals surface area (Å²) < 4.78 is 18.2. The van der Waals surface area contributed by atoms with Gasteiger partial charge in [0.25, 0.3) is 0 Å². The van der Waals surface area contributed by atoms with Crippen LogP contribution in [0.1, 0.15) is 10.4 Å². The van der Waals surface area contributed by atoms with Crippen LogP contribution in [0.25, 0.3) is 11.1 Å². The van der Waals surface area contributed by atoms with Crippen LogP contribution in [0.2, 0.25) is 0 Å². The molecule has 1 heterocycles. The van der Waals surface area contributed by atoms with Crippen LogP contribution in [0.3, 0.4) is 0 Å². The van der Waals surface area contributed by atoms with E-state index < -0.39 is 5.97 Å². The van der Waals surface area contributed by atoms with Crippen LogP contribution in [-0.4, -0.2) is 18.1 Å². The maximum Gasteiger partial charge on any atom is 0.337 e. The molecule has 17 heavy (non-hydrogen) atoms. The Hall–Kier alpha value is -2.23. The predicted molar refractivity (Wildman–Crippen MR) is 61.0 cm³/mol. The fraction of sp³-hybridized carbons (Fsp3) is 0.0769. The standard InChI is InChI=1S/C13H10FNO2/c1-17-13(16)10-2-3-12(14)11(8-10)9-4-6-15-7-5-9/h2-8H,1H3. The largest absolute Gasteiger partial charge is 0.465 e. The number of hydrogen-bond donors (Lipinski definition) is 0. The Labute approximate surface area is 97.9 Å². The number of methoxy groups -OCH3 is 1. The van der Waals surface area contributed by atoms with Crippen molar-refractivity contribution < 1.29 is 13.9 Å². The summed E-state index contributed by atoms with van der Waals surface area (Å²) in [5.41, 5.74) is 1.35. The molecule has 0 aliphatic rings. The van der Waals surface area contributed by atoms with Gasteiger partial charge in [-0.15, -0.1) is 0 Å². The van der Waals surface area contributed by atoms with Crippen molar-refractivity contribution in [2.75, 3.05) is 7.11 Å². The number of halogens is 1. The Kier molecular flexibility index (Phi) is 3.14. The molecule has 0 aliphatic heterocycles. The normalized spacial score (nSPS) is 10.0. The van der Waals surface area contributed by atoms with Crippen molar-refractivity contribution in [2.45, 2.75) is 0 Å². The molecule has 86 valence electrons. The number of rotatable bonds is 2. The summed E-state index contributed by atoms with van der Waals surface area (Å²) in [4.78, 5) is 15.2. The average Bonchev–Trinajstić information content (AvgIpc) is 2.39. The van der Waals surface area contributed by atoms with Crippen molar-refractivity contribution in [2.24, 2.45) is 0 Å². The molecule has 0 aliphatic carbocycles. The number of ether oxygens (including phenoxy) is 1. The third kappa shape index (κ3) is 2.30. The summed E-state index contributed by atoms with van der Waals surface area (Å²) in [6.07, 6.45) is 3.14. The van der Waals surface area contributed by atoms with Crippen molar-refractivity contribution in [3.63, 3.8) is 0 Å². The highest BCUT2D eigenvalue weighted by Gasteiger charge is 2.10. The zero-order valence-corrected chi connectivity index (χ0v) is 9.18. The first-order chi connectivity index (χ1) is 8.22. The highest BCUT2D eigenvalue weighted by molar-refractivity contribution is 5.91. The summed E-state index contributed by atoms with van der Waals surface area (Å²) in [5, 5.41) is 0. The lowest BCUT2D eigenvalue weighted by Gasteiger charge is -2.05. The molecule has 1 aromatic carbocycles. The molecule has 0 radical (unpaired) electrons. The number of esters is 1. The number of pyridine rings is 1. The fourth-order valence-corrected chi connectivity index (χ4v) is 1.52. The van der Waals surface area contributed by atoms with E-state index in [0.717, 1.165) is 0 Å². The van der Waals surface area contributed by atoms with Crippen molar-refractivity contribution in [1.29, 1.82) is 0 Å². The molecule has 4 heteroatoms. The Balaban J connectivity index is 2.50. The molecule has 0 fully saturated rings. The van der Waals surface area contributed by atoms with Gasteiger partial charge in [-0.3, -0.25) is 4.98 Å². The lowest BCUT2D eigenvalue weighted by molar-refractivity contribution is 0.0600. The van der Waals surface area contributed by atoms with Crippen LogP contribution in [0.4, 0.5) is 4.39 Å². The van der Waals surface area contributed by atoms with Gasteiger partial charge in [-0.25, -0.2) is 9.18 Å². The van der Waals surface area contributed by atoms with Crippen LogP contribution in [0.5, 0.6) is 0 Å². The van der Waals surface area contributed by atoms with E-state index in [1.165, 1.54) is 25.3 Å². The second-order valence-corrected chi connectivity index (χ2v) is 3.42. The molecule has 0 unspecified atom stereocenters. The van der Waals surface area contributed by atoms with Crippen molar-refractivity contribution in [1.82, 2.24) is 4.98 Å². The second-order valence-electron chi connectivity index (χ2n) is 3.42. The van der Waals surface area contributed by atoms with Crippen LogP contribution < -0.4 is 0 Å². The molecule has 2 aromatic rings. The zero-order chi connectivity index (χ0) is 12.3. The highest BCUT2D eigenvalue weighted by atomic mass is 19.1. The maximum absolute atomic E-state index is 13.7. The van der Waals surface area contributed by atoms with E-state index in [1.54, 1.807) is 24.5 Å². The van der Waals surface area contributed by atoms with Gasteiger partial charge in [-0.2, -0.15) is 0 Å². The predicted octanol–water partition coefficient (Wildman–Crippen LogP) is 2.67. The molecular weight excluding hydrogens is 221 g/mol. The molecule has 3 nitrogen and oxygen atoms in total. The minimum absolute atomic E-state index is 0.320. The van der Waals surface area contributed by atoms with Crippen LogP contribution in [0, 0.1) is 5.82 Å². The summed E-state index contributed by atoms with van der Waals surface area (Å²) in [6, 6.07) is 7.48. The third-order valence-electron chi connectivity index (χ3n) is 2.38. The number of benzene rings is 1. The molecule has 0 N–H and O–H groups in total.